The molecule has 1 aromatic rings. The molecule has 25 heavy (non-hydrogen) atoms. The van der Waals surface area contributed by atoms with Crippen LogP contribution in [0.2, 0.25) is 5.02 Å². The van der Waals surface area contributed by atoms with Crippen molar-refractivity contribution in [1.82, 2.24) is 5.32 Å². The smallest absolute Gasteiger partial charge is 0.282 e. The lowest BCUT2D eigenvalue weighted by Gasteiger charge is -2.32. The number of benzene rings is 1. The second kappa shape index (κ2) is 9.17. The molecule has 0 aromatic heterocycles. The lowest BCUT2D eigenvalue weighted by atomic mass is 10.2. The van der Waals surface area contributed by atoms with Gasteiger partial charge in [0.25, 0.3) is 11.8 Å². The van der Waals surface area contributed by atoms with Gasteiger partial charge < -0.3 is 20.4 Å². The summed E-state index contributed by atoms with van der Waals surface area (Å²) in [5.74, 6) is 0.111. The van der Waals surface area contributed by atoms with Crippen LogP contribution in [0.5, 0.6) is 0 Å². The van der Waals surface area contributed by atoms with Crippen LogP contribution in [-0.2, 0) is 9.59 Å². The standard InChI is InChI=1S/C18H27ClN4O2/c1-13(2)20-17(24)12-22-8-10-23(11-9-22)14(3)18(25)21-16-6-4-15(19)5-7-16/h4-7,13-14H,8-12H2,1-3H3,(H,20,24)(H,21,25)/p+2/t14-/m0/s1. The van der Waals surface area contributed by atoms with Gasteiger partial charge in [-0.2, -0.15) is 0 Å². The molecule has 1 aromatic carbocycles. The largest absolute Gasteiger partial charge is 0.349 e. The van der Waals surface area contributed by atoms with Gasteiger partial charge in [0.1, 0.15) is 26.2 Å². The molecule has 4 N–H and O–H groups in total. The van der Waals surface area contributed by atoms with E-state index in [1.165, 1.54) is 9.80 Å². The maximum atomic E-state index is 12.4. The number of piperazine rings is 1. The molecule has 2 amide bonds. The molecule has 0 aliphatic carbocycles. The molecule has 0 unspecified atom stereocenters. The second-order valence-electron chi connectivity index (χ2n) is 7.03. The number of carbonyl (C=O) groups excluding carboxylic acids is 2. The molecule has 0 spiro atoms. The Morgan fingerprint density at radius 3 is 2.24 bits per heavy atom. The van der Waals surface area contributed by atoms with Crippen LogP contribution >= 0.6 is 11.6 Å². The zero-order chi connectivity index (χ0) is 18.4. The number of rotatable bonds is 6. The summed E-state index contributed by atoms with van der Waals surface area (Å²) >= 11 is 5.86. The highest BCUT2D eigenvalue weighted by atomic mass is 35.5. The van der Waals surface area contributed by atoms with Gasteiger partial charge in [-0.05, 0) is 45.0 Å². The van der Waals surface area contributed by atoms with E-state index in [-0.39, 0.29) is 23.9 Å². The third-order valence-electron chi connectivity index (χ3n) is 4.58. The van der Waals surface area contributed by atoms with Crippen molar-refractivity contribution in [3.8, 4) is 0 Å². The van der Waals surface area contributed by atoms with Crippen LogP contribution in [0, 0.1) is 0 Å². The van der Waals surface area contributed by atoms with Gasteiger partial charge in [-0.1, -0.05) is 11.6 Å². The number of quaternary nitrogens is 2. The lowest BCUT2D eigenvalue weighted by molar-refractivity contribution is -1.01. The van der Waals surface area contributed by atoms with Crippen molar-refractivity contribution in [1.29, 1.82) is 0 Å². The van der Waals surface area contributed by atoms with E-state index < -0.39 is 0 Å². The molecule has 0 radical (unpaired) electrons. The van der Waals surface area contributed by atoms with E-state index in [0.29, 0.717) is 11.6 Å². The van der Waals surface area contributed by atoms with E-state index >= 15 is 0 Å². The quantitative estimate of drug-likeness (QED) is 0.519. The summed E-state index contributed by atoms with van der Waals surface area (Å²) in [4.78, 5) is 26.8. The molecule has 1 atom stereocenters. The first-order valence-electron chi connectivity index (χ1n) is 8.89. The zero-order valence-corrected chi connectivity index (χ0v) is 16.0. The summed E-state index contributed by atoms with van der Waals surface area (Å²) in [5, 5.41) is 6.53. The average Bonchev–Trinajstić information content (AvgIpc) is 2.56. The summed E-state index contributed by atoms with van der Waals surface area (Å²) in [6, 6.07) is 7.19. The normalized spacial score (nSPS) is 21.6. The van der Waals surface area contributed by atoms with Crippen LogP contribution in [-0.4, -0.2) is 56.6 Å². The minimum Gasteiger partial charge on any atom is -0.349 e. The Hall–Kier alpha value is -1.63. The highest BCUT2D eigenvalue weighted by Gasteiger charge is 2.31. The fourth-order valence-electron chi connectivity index (χ4n) is 3.10. The van der Waals surface area contributed by atoms with Gasteiger partial charge in [-0.3, -0.25) is 9.59 Å². The van der Waals surface area contributed by atoms with Crippen LogP contribution in [0.1, 0.15) is 20.8 Å². The SMILES string of the molecule is CC(C)NC(=O)C[NH+]1CC[NH+]([C@@H](C)C(=O)Nc2ccc(Cl)cc2)CC1. The fourth-order valence-corrected chi connectivity index (χ4v) is 3.23. The zero-order valence-electron chi connectivity index (χ0n) is 15.2. The first-order chi connectivity index (χ1) is 11.8. The van der Waals surface area contributed by atoms with Crippen molar-refractivity contribution >= 4 is 29.1 Å². The summed E-state index contributed by atoms with van der Waals surface area (Å²) in [6.07, 6.45) is 0. The number of carbonyl (C=O) groups is 2. The monoisotopic (exact) mass is 368 g/mol. The van der Waals surface area contributed by atoms with E-state index in [9.17, 15) is 9.59 Å². The van der Waals surface area contributed by atoms with Gasteiger partial charge in [0.05, 0.1) is 0 Å². The van der Waals surface area contributed by atoms with Crippen LogP contribution in [0.25, 0.3) is 0 Å². The number of anilines is 1. The van der Waals surface area contributed by atoms with Crippen LogP contribution < -0.4 is 20.4 Å². The molecule has 1 aliphatic rings. The summed E-state index contributed by atoms with van der Waals surface area (Å²) in [5.41, 5.74) is 0.760. The molecule has 7 heteroatoms. The molecular weight excluding hydrogens is 340 g/mol. The number of hydrogen-bond acceptors (Lipinski definition) is 2. The minimum atomic E-state index is -0.123. The Morgan fingerprint density at radius 1 is 1.08 bits per heavy atom. The van der Waals surface area contributed by atoms with Gasteiger partial charge in [0, 0.05) is 16.8 Å². The van der Waals surface area contributed by atoms with Gasteiger partial charge in [0.2, 0.25) is 0 Å². The number of hydrogen-bond donors (Lipinski definition) is 4. The van der Waals surface area contributed by atoms with Crippen molar-refractivity contribution < 1.29 is 19.4 Å². The van der Waals surface area contributed by atoms with Gasteiger partial charge in [0.15, 0.2) is 12.6 Å². The van der Waals surface area contributed by atoms with Gasteiger partial charge in [-0.15, -0.1) is 0 Å². The molecule has 1 saturated heterocycles. The minimum absolute atomic E-state index is 0.0123. The highest BCUT2D eigenvalue weighted by molar-refractivity contribution is 6.30. The molecule has 2 rings (SSSR count). The van der Waals surface area contributed by atoms with Crippen molar-refractivity contribution in [2.45, 2.75) is 32.9 Å². The topological polar surface area (TPSA) is 67.1 Å². The Balaban J connectivity index is 1.78. The second-order valence-corrected chi connectivity index (χ2v) is 7.46. The number of halogens is 1. The third-order valence-corrected chi connectivity index (χ3v) is 4.83. The Bertz CT molecular complexity index is 583. The molecule has 0 saturated carbocycles. The summed E-state index contributed by atoms with van der Waals surface area (Å²) in [6.45, 7) is 9.98. The van der Waals surface area contributed by atoms with E-state index in [4.69, 9.17) is 11.6 Å². The first-order valence-corrected chi connectivity index (χ1v) is 9.27. The molecule has 0 bridgehead atoms. The summed E-state index contributed by atoms with van der Waals surface area (Å²) in [7, 11) is 0. The van der Waals surface area contributed by atoms with E-state index in [1.807, 2.05) is 20.8 Å². The van der Waals surface area contributed by atoms with E-state index in [0.717, 1.165) is 31.9 Å². The predicted molar refractivity (Wildman–Crippen MR) is 99.1 cm³/mol. The van der Waals surface area contributed by atoms with E-state index in [1.54, 1.807) is 24.3 Å². The number of nitrogens with one attached hydrogen (secondary N) is 4. The Labute approximate surface area is 154 Å². The maximum absolute atomic E-state index is 12.4. The Kier molecular flexibility index (Phi) is 7.23. The number of amides is 2. The fraction of sp³-hybridized carbons (Fsp3) is 0.556. The van der Waals surface area contributed by atoms with Crippen molar-refractivity contribution in [2.75, 3.05) is 38.0 Å². The first kappa shape index (κ1) is 19.7. The van der Waals surface area contributed by atoms with Crippen molar-refractivity contribution in [3.05, 3.63) is 29.3 Å². The summed E-state index contributed by atoms with van der Waals surface area (Å²) < 4.78 is 0. The maximum Gasteiger partial charge on any atom is 0.282 e. The average molecular weight is 369 g/mol. The van der Waals surface area contributed by atoms with Crippen molar-refractivity contribution in [2.24, 2.45) is 0 Å². The van der Waals surface area contributed by atoms with Crippen molar-refractivity contribution in [3.63, 3.8) is 0 Å². The van der Waals surface area contributed by atoms with Crippen LogP contribution in [0.3, 0.4) is 0 Å². The molecule has 6 nitrogen and oxygen atoms in total. The van der Waals surface area contributed by atoms with Crippen LogP contribution in [0.15, 0.2) is 24.3 Å². The molecular formula is C18H29ClN4O2+2. The highest BCUT2D eigenvalue weighted by Crippen LogP contribution is 2.13. The van der Waals surface area contributed by atoms with E-state index in [2.05, 4.69) is 10.6 Å². The molecule has 1 aliphatic heterocycles. The third kappa shape index (κ3) is 6.30. The molecule has 1 fully saturated rings. The van der Waals surface area contributed by atoms with Gasteiger partial charge >= 0.3 is 0 Å². The molecule has 1 heterocycles. The lowest BCUT2D eigenvalue weighted by Crippen LogP contribution is -3.30. The van der Waals surface area contributed by atoms with Gasteiger partial charge in [-0.25, -0.2) is 0 Å². The predicted octanol–water partition coefficient (Wildman–Crippen LogP) is -1.02. The molecule has 138 valence electrons. The Morgan fingerprint density at radius 2 is 1.68 bits per heavy atom. The van der Waals surface area contributed by atoms with Crippen LogP contribution in [0.4, 0.5) is 5.69 Å².